The van der Waals surface area contributed by atoms with Crippen molar-refractivity contribution in [3.05, 3.63) is 25.6 Å². The number of aromatic nitrogens is 2. The number of nitrogens with zero attached hydrogens (tertiary/aromatic N) is 2. The van der Waals surface area contributed by atoms with E-state index in [1.807, 2.05) is 6.92 Å². The molecule has 0 radical (unpaired) electrons. The number of aryl methyl sites for hydroxylation is 2. The van der Waals surface area contributed by atoms with Gasteiger partial charge in [-0.2, -0.15) is 11.3 Å². The molecule has 0 aliphatic heterocycles. The van der Waals surface area contributed by atoms with E-state index in [1.54, 1.807) is 11.3 Å². The molecule has 96 valence electrons. The average Bonchev–Trinajstić information content (AvgIpc) is 2.77. The van der Waals surface area contributed by atoms with E-state index in [9.17, 15) is 0 Å². The Labute approximate surface area is 125 Å². The van der Waals surface area contributed by atoms with Gasteiger partial charge in [0.05, 0.1) is 9.26 Å². The van der Waals surface area contributed by atoms with Gasteiger partial charge in [-0.15, -0.1) is 0 Å². The van der Waals surface area contributed by atoms with Crippen molar-refractivity contribution in [3.8, 4) is 11.4 Å². The van der Waals surface area contributed by atoms with E-state index in [-0.39, 0.29) is 0 Å². The fraction of sp³-hybridized carbons (Fsp3) is 0.385. The van der Waals surface area contributed by atoms with Crippen LogP contribution in [0.2, 0.25) is 0 Å². The second-order valence-electron chi connectivity index (χ2n) is 4.19. The molecule has 0 bridgehead atoms. The van der Waals surface area contributed by atoms with Crippen LogP contribution in [0.3, 0.4) is 0 Å². The van der Waals surface area contributed by atoms with Crippen molar-refractivity contribution >= 4 is 39.7 Å². The topological polar surface area (TPSA) is 37.8 Å². The monoisotopic (exact) mass is 373 g/mol. The summed E-state index contributed by atoms with van der Waals surface area (Å²) in [4.78, 5) is 9.24. The number of nitrogens with one attached hydrogen (secondary N) is 1. The zero-order valence-electron chi connectivity index (χ0n) is 10.7. The molecule has 2 aromatic rings. The van der Waals surface area contributed by atoms with Gasteiger partial charge < -0.3 is 5.32 Å². The van der Waals surface area contributed by atoms with Crippen molar-refractivity contribution in [2.24, 2.45) is 0 Å². The Hall–Kier alpha value is -0.690. The van der Waals surface area contributed by atoms with E-state index in [0.29, 0.717) is 0 Å². The van der Waals surface area contributed by atoms with Gasteiger partial charge in [-0.25, -0.2) is 9.97 Å². The Morgan fingerprint density at radius 2 is 2.06 bits per heavy atom. The fourth-order valence-electron chi connectivity index (χ4n) is 1.63. The standard InChI is InChI=1S/C13H16IN3S/c1-4-5-15-13-11(14)9(3)16-12(17-13)10-7-18-6-8(10)2/h6-7H,4-5H2,1-3H3,(H,15,16,17). The normalized spacial score (nSPS) is 10.7. The summed E-state index contributed by atoms with van der Waals surface area (Å²) in [6.45, 7) is 7.22. The lowest BCUT2D eigenvalue weighted by Crippen LogP contribution is -2.07. The van der Waals surface area contributed by atoms with Crippen molar-refractivity contribution in [1.29, 1.82) is 0 Å². The predicted molar refractivity (Wildman–Crippen MR) is 86.3 cm³/mol. The molecule has 0 saturated heterocycles. The molecule has 3 nitrogen and oxygen atoms in total. The van der Waals surface area contributed by atoms with Crippen molar-refractivity contribution in [3.63, 3.8) is 0 Å². The maximum absolute atomic E-state index is 4.65. The van der Waals surface area contributed by atoms with E-state index < -0.39 is 0 Å². The molecule has 0 atom stereocenters. The Morgan fingerprint density at radius 3 is 2.67 bits per heavy atom. The van der Waals surface area contributed by atoms with E-state index in [1.165, 1.54) is 5.56 Å². The lowest BCUT2D eigenvalue weighted by atomic mass is 10.2. The van der Waals surface area contributed by atoms with Crippen LogP contribution in [0.15, 0.2) is 10.8 Å². The van der Waals surface area contributed by atoms with Crippen molar-refractivity contribution < 1.29 is 0 Å². The average molecular weight is 373 g/mol. The van der Waals surface area contributed by atoms with Crippen LogP contribution < -0.4 is 5.32 Å². The second-order valence-corrected chi connectivity index (χ2v) is 6.01. The molecular formula is C13H16IN3S. The first-order valence-corrected chi connectivity index (χ1v) is 7.96. The van der Waals surface area contributed by atoms with Crippen LogP contribution >= 0.6 is 33.9 Å². The van der Waals surface area contributed by atoms with Gasteiger partial charge in [0.25, 0.3) is 0 Å². The van der Waals surface area contributed by atoms with E-state index in [4.69, 9.17) is 0 Å². The first-order chi connectivity index (χ1) is 8.63. The van der Waals surface area contributed by atoms with E-state index in [0.717, 1.165) is 39.4 Å². The molecule has 1 N–H and O–H groups in total. The maximum Gasteiger partial charge on any atom is 0.162 e. The molecule has 0 aliphatic rings. The Kier molecular flexibility index (Phi) is 4.55. The number of hydrogen-bond acceptors (Lipinski definition) is 4. The van der Waals surface area contributed by atoms with Gasteiger partial charge in [0, 0.05) is 17.5 Å². The summed E-state index contributed by atoms with van der Waals surface area (Å²) in [6, 6.07) is 0. The molecule has 18 heavy (non-hydrogen) atoms. The summed E-state index contributed by atoms with van der Waals surface area (Å²) in [6.07, 6.45) is 1.09. The number of hydrogen-bond donors (Lipinski definition) is 1. The van der Waals surface area contributed by atoms with Crippen LogP contribution in [0.25, 0.3) is 11.4 Å². The Balaban J connectivity index is 2.44. The molecule has 2 rings (SSSR count). The largest absolute Gasteiger partial charge is 0.369 e. The molecule has 2 heterocycles. The SMILES string of the molecule is CCCNc1nc(-c2cscc2C)nc(C)c1I. The third-order valence-corrected chi connectivity index (χ3v) is 4.81. The summed E-state index contributed by atoms with van der Waals surface area (Å²) in [5.74, 6) is 1.77. The zero-order chi connectivity index (χ0) is 13.1. The van der Waals surface area contributed by atoms with Gasteiger partial charge >= 0.3 is 0 Å². The quantitative estimate of drug-likeness (QED) is 0.815. The highest BCUT2D eigenvalue weighted by Gasteiger charge is 2.12. The van der Waals surface area contributed by atoms with Crippen LogP contribution in [0.5, 0.6) is 0 Å². The Morgan fingerprint density at radius 1 is 1.28 bits per heavy atom. The van der Waals surface area contributed by atoms with Crippen LogP contribution in [0.1, 0.15) is 24.6 Å². The van der Waals surface area contributed by atoms with Crippen LogP contribution in [0.4, 0.5) is 5.82 Å². The number of thiophene rings is 1. The molecule has 5 heteroatoms. The highest BCUT2D eigenvalue weighted by molar-refractivity contribution is 14.1. The summed E-state index contributed by atoms with van der Waals surface area (Å²) in [7, 11) is 0. The first-order valence-electron chi connectivity index (χ1n) is 5.94. The number of rotatable bonds is 4. The van der Waals surface area contributed by atoms with Crippen LogP contribution in [-0.4, -0.2) is 16.5 Å². The van der Waals surface area contributed by atoms with Crippen molar-refractivity contribution in [2.45, 2.75) is 27.2 Å². The smallest absolute Gasteiger partial charge is 0.162 e. The highest BCUT2D eigenvalue weighted by atomic mass is 127. The minimum Gasteiger partial charge on any atom is -0.369 e. The van der Waals surface area contributed by atoms with Crippen molar-refractivity contribution in [2.75, 3.05) is 11.9 Å². The molecule has 2 aromatic heterocycles. The third-order valence-electron chi connectivity index (χ3n) is 2.66. The summed E-state index contributed by atoms with van der Waals surface area (Å²) < 4.78 is 1.11. The van der Waals surface area contributed by atoms with Crippen molar-refractivity contribution in [1.82, 2.24) is 9.97 Å². The molecule has 0 saturated carbocycles. The van der Waals surface area contributed by atoms with Crippen LogP contribution in [-0.2, 0) is 0 Å². The lowest BCUT2D eigenvalue weighted by Gasteiger charge is -2.10. The van der Waals surface area contributed by atoms with Gasteiger partial charge in [-0.05, 0) is 53.8 Å². The summed E-state index contributed by atoms with van der Waals surface area (Å²) in [5.41, 5.74) is 3.41. The molecule has 0 unspecified atom stereocenters. The fourth-order valence-corrected chi connectivity index (χ4v) is 2.89. The third kappa shape index (κ3) is 2.83. The maximum atomic E-state index is 4.65. The minimum atomic E-state index is 0.824. The molecule has 0 spiro atoms. The predicted octanol–water partition coefficient (Wildman–Crippen LogP) is 4.25. The zero-order valence-corrected chi connectivity index (χ0v) is 13.7. The van der Waals surface area contributed by atoms with E-state index in [2.05, 4.69) is 62.5 Å². The van der Waals surface area contributed by atoms with Gasteiger partial charge in [0.15, 0.2) is 5.82 Å². The summed E-state index contributed by atoms with van der Waals surface area (Å²) >= 11 is 4.00. The number of anilines is 1. The first kappa shape index (κ1) is 13.7. The summed E-state index contributed by atoms with van der Waals surface area (Å²) in [5, 5.41) is 7.61. The molecule has 0 amide bonds. The minimum absolute atomic E-state index is 0.824. The molecule has 0 aromatic carbocycles. The molecule has 0 fully saturated rings. The Bertz CT molecular complexity index is 551. The van der Waals surface area contributed by atoms with E-state index >= 15 is 0 Å². The second kappa shape index (κ2) is 5.97. The molecular weight excluding hydrogens is 357 g/mol. The van der Waals surface area contributed by atoms with Gasteiger partial charge in [0.2, 0.25) is 0 Å². The van der Waals surface area contributed by atoms with Gasteiger partial charge in [0.1, 0.15) is 5.82 Å². The lowest BCUT2D eigenvalue weighted by molar-refractivity contribution is 0.958. The van der Waals surface area contributed by atoms with Gasteiger partial charge in [-0.3, -0.25) is 0 Å². The van der Waals surface area contributed by atoms with Gasteiger partial charge in [-0.1, -0.05) is 6.92 Å². The highest BCUT2D eigenvalue weighted by Crippen LogP contribution is 2.27. The number of halogens is 1. The van der Waals surface area contributed by atoms with Crippen LogP contribution in [0, 0.1) is 17.4 Å². The molecule has 0 aliphatic carbocycles.